The van der Waals surface area contributed by atoms with E-state index < -0.39 is 0 Å². The SMILES string of the molecule is CNC(C)Cc1nc(C2COc3ccccc3C2)no1. The third-order valence-corrected chi connectivity index (χ3v) is 3.70. The van der Waals surface area contributed by atoms with Gasteiger partial charge in [-0.25, -0.2) is 0 Å². The Morgan fingerprint density at radius 1 is 1.40 bits per heavy atom. The Hall–Kier alpha value is -1.88. The van der Waals surface area contributed by atoms with E-state index >= 15 is 0 Å². The van der Waals surface area contributed by atoms with Crippen LogP contribution < -0.4 is 10.1 Å². The number of fused-ring (bicyclic) bond motifs is 1. The standard InChI is InChI=1S/C15H19N3O2/c1-10(16-2)7-14-17-15(18-20-14)12-8-11-5-3-4-6-13(11)19-9-12/h3-6,10,12,16H,7-9H2,1-2H3. The van der Waals surface area contributed by atoms with Crippen LogP contribution in [0.25, 0.3) is 0 Å². The van der Waals surface area contributed by atoms with E-state index in [2.05, 4.69) is 28.4 Å². The van der Waals surface area contributed by atoms with Gasteiger partial charge >= 0.3 is 0 Å². The van der Waals surface area contributed by atoms with Crippen LogP contribution in [0.5, 0.6) is 5.75 Å². The van der Waals surface area contributed by atoms with Crippen molar-refractivity contribution in [2.24, 2.45) is 0 Å². The molecule has 5 nitrogen and oxygen atoms in total. The number of ether oxygens (including phenoxy) is 1. The zero-order chi connectivity index (χ0) is 13.9. The second-order valence-electron chi connectivity index (χ2n) is 5.26. The van der Waals surface area contributed by atoms with Crippen molar-refractivity contribution in [3.8, 4) is 5.75 Å². The van der Waals surface area contributed by atoms with Crippen molar-refractivity contribution < 1.29 is 9.26 Å². The molecule has 0 fully saturated rings. The second kappa shape index (κ2) is 5.63. The molecule has 1 aliphatic heterocycles. The first-order valence-electron chi connectivity index (χ1n) is 6.96. The molecule has 1 aromatic carbocycles. The van der Waals surface area contributed by atoms with E-state index in [4.69, 9.17) is 9.26 Å². The largest absolute Gasteiger partial charge is 0.493 e. The molecule has 0 bridgehead atoms. The van der Waals surface area contributed by atoms with Gasteiger partial charge in [0.1, 0.15) is 5.75 Å². The lowest BCUT2D eigenvalue weighted by Gasteiger charge is -2.22. The summed E-state index contributed by atoms with van der Waals surface area (Å²) in [6.45, 7) is 2.70. The summed E-state index contributed by atoms with van der Waals surface area (Å²) in [4.78, 5) is 4.50. The summed E-state index contributed by atoms with van der Waals surface area (Å²) < 4.78 is 11.1. The summed E-state index contributed by atoms with van der Waals surface area (Å²) in [5.41, 5.74) is 1.21. The molecule has 0 radical (unpaired) electrons. The highest BCUT2D eigenvalue weighted by Crippen LogP contribution is 2.30. The predicted octanol–water partition coefficient (Wildman–Crippen LogP) is 1.94. The molecule has 0 spiro atoms. The smallest absolute Gasteiger partial charge is 0.228 e. The molecular formula is C15H19N3O2. The van der Waals surface area contributed by atoms with Crippen LogP contribution in [0.2, 0.25) is 0 Å². The van der Waals surface area contributed by atoms with Crippen LogP contribution in [0.4, 0.5) is 0 Å². The van der Waals surface area contributed by atoms with Crippen molar-refractivity contribution in [2.45, 2.75) is 31.7 Å². The maximum atomic E-state index is 5.77. The van der Waals surface area contributed by atoms with E-state index in [9.17, 15) is 0 Å². The van der Waals surface area contributed by atoms with Crippen LogP contribution in [0.1, 0.15) is 30.1 Å². The number of hydrogen-bond acceptors (Lipinski definition) is 5. The fraction of sp³-hybridized carbons (Fsp3) is 0.467. The van der Waals surface area contributed by atoms with Gasteiger partial charge in [-0.15, -0.1) is 0 Å². The monoisotopic (exact) mass is 273 g/mol. The summed E-state index contributed by atoms with van der Waals surface area (Å²) in [5, 5.41) is 7.27. The Bertz CT molecular complexity index is 582. The Morgan fingerprint density at radius 2 is 2.25 bits per heavy atom. The van der Waals surface area contributed by atoms with Gasteiger partial charge in [0.15, 0.2) is 5.82 Å². The lowest BCUT2D eigenvalue weighted by molar-refractivity contribution is 0.253. The average Bonchev–Trinajstić information content (AvgIpc) is 2.95. The Balaban J connectivity index is 1.72. The summed E-state index contributed by atoms with van der Waals surface area (Å²) in [6, 6.07) is 8.44. The van der Waals surface area contributed by atoms with Crippen LogP contribution in [0.3, 0.4) is 0 Å². The number of likely N-dealkylation sites (N-methyl/N-ethyl adjacent to an activating group) is 1. The van der Waals surface area contributed by atoms with E-state index in [0.717, 1.165) is 24.4 Å². The summed E-state index contributed by atoms with van der Waals surface area (Å²) in [7, 11) is 1.92. The quantitative estimate of drug-likeness (QED) is 0.922. The molecule has 20 heavy (non-hydrogen) atoms. The fourth-order valence-electron chi connectivity index (χ4n) is 2.37. The van der Waals surface area contributed by atoms with E-state index in [1.54, 1.807) is 0 Å². The van der Waals surface area contributed by atoms with Gasteiger partial charge in [-0.2, -0.15) is 4.98 Å². The number of hydrogen-bond donors (Lipinski definition) is 1. The molecule has 1 aliphatic rings. The third kappa shape index (κ3) is 2.67. The molecule has 106 valence electrons. The molecule has 1 N–H and O–H groups in total. The van der Waals surface area contributed by atoms with E-state index in [0.29, 0.717) is 18.5 Å². The van der Waals surface area contributed by atoms with E-state index in [1.807, 2.05) is 25.2 Å². The zero-order valence-corrected chi connectivity index (χ0v) is 11.8. The van der Waals surface area contributed by atoms with Crippen LogP contribution in [-0.2, 0) is 12.8 Å². The highest BCUT2D eigenvalue weighted by molar-refractivity contribution is 5.36. The van der Waals surface area contributed by atoms with Crippen LogP contribution in [-0.4, -0.2) is 29.8 Å². The molecule has 5 heteroatoms. The van der Waals surface area contributed by atoms with Gasteiger partial charge in [-0.05, 0) is 32.0 Å². The van der Waals surface area contributed by atoms with Crippen LogP contribution in [0.15, 0.2) is 28.8 Å². The van der Waals surface area contributed by atoms with Crippen molar-refractivity contribution in [3.05, 3.63) is 41.5 Å². The fourth-order valence-corrected chi connectivity index (χ4v) is 2.37. The summed E-state index contributed by atoms with van der Waals surface area (Å²) in [5.74, 6) is 2.57. The first kappa shape index (κ1) is 13.1. The predicted molar refractivity (Wildman–Crippen MR) is 74.9 cm³/mol. The van der Waals surface area contributed by atoms with Gasteiger partial charge in [-0.1, -0.05) is 23.4 Å². The van der Waals surface area contributed by atoms with Gasteiger partial charge in [0.25, 0.3) is 0 Å². The molecule has 0 aliphatic carbocycles. The van der Waals surface area contributed by atoms with Crippen LogP contribution in [0, 0.1) is 0 Å². The van der Waals surface area contributed by atoms with Crippen molar-refractivity contribution in [2.75, 3.05) is 13.7 Å². The number of aromatic nitrogens is 2. The first-order valence-corrected chi connectivity index (χ1v) is 6.96. The molecule has 2 atom stereocenters. The van der Waals surface area contributed by atoms with E-state index in [1.165, 1.54) is 5.56 Å². The van der Waals surface area contributed by atoms with Crippen molar-refractivity contribution >= 4 is 0 Å². The van der Waals surface area contributed by atoms with Gasteiger partial charge < -0.3 is 14.6 Å². The highest BCUT2D eigenvalue weighted by Gasteiger charge is 2.25. The molecule has 0 saturated heterocycles. The molecule has 1 aromatic heterocycles. The summed E-state index contributed by atoms with van der Waals surface area (Å²) >= 11 is 0. The number of benzene rings is 1. The van der Waals surface area contributed by atoms with Gasteiger partial charge in [-0.3, -0.25) is 0 Å². The molecule has 2 heterocycles. The maximum absolute atomic E-state index is 5.77. The van der Waals surface area contributed by atoms with Crippen molar-refractivity contribution in [1.29, 1.82) is 0 Å². The normalized spacial score (nSPS) is 19.2. The summed E-state index contributed by atoms with van der Waals surface area (Å²) in [6.07, 6.45) is 1.64. The van der Waals surface area contributed by atoms with Crippen molar-refractivity contribution in [1.82, 2.24) is 15.5 Å². The molecular weight excluding hydrogens is 254 g/mol. The molecule has 2 unspecified atom stereocenters. The molecule has 2 aromatic rings. The topological polar surface area (TPSA) is 60.2 Å². The third-order valence-electron chi connectivity index (χ3n) is 3.70. The second-order valence-corrected chi connectivity index (χ2v) is 5.26. The minimum Gasteiger partial charge on any atom is -0.493 e. The Kier molecular flexibility index (Phi) is 3.69. The number of nitrogens with one attached hydrogen (secondary N) is 1. The number of para-hydroxylation sites is 1. The number of nitrogens with zero attached hydrogens (tertiary/aromatic N) is 2. The van der Waals surface area contributed by atoms with Gasteiger partial charge in [0, 0.05) is 12.5 Å². The highest BCUT2D eigenvalue weighted by atomic mass is 16.5. The van der Waals surface area contributed by atoms with Gasteiger partial charge in [0.2, 0.25) is 5.89 Å². The van der Waals surface area contributed by atoms with E-state index in [-0.39, 0.29) is 5.92 Å². The number of rotatable bonds is 4. The molecule has 3 rings (SSSR count). The first-order chi connectivity index (χ1) is 9.76. The Labute approximate surface area is 118 Å². The molecule has 0 saturated carbocycles. The maximum Gasteiger partial charge on any atom is 0.228 e. The van der Waals surface area contributed by atoms with Crippen molar-refractivity contribution in [3.63, 3.8) is 0 Å². The zero-order valence-electron chi connectivity index (χ0n) is 11.8. The minimum absolute atomic E-state index is 0.173. The average molecular weight is 273 g/mol. The lowest BCUT2D eigenvalue weighted by atomic mass is 9.96. The Morgan fingerprint density at radius 3 is 3.10 bits per heavy atom. The minimum atomic E-state index is 0.173. The molecule has 0 amide bonds. The van der Waals surface area contributed by atoms with Crippen LogP contribution >= 0.6 is 0 Å². The lowest BCUT2D eigenvalue weighted by Crippen LogP contribution is -2.24. The van der Waals surface area contributed by atoms with Gasteiger partial charge in [0.05, 0.1) is 12.5 Å².